The number of benzene rings is 3. The fourth-order valence-electron chi connectivity index (χ4n) is 4.96. The molecule has 0 unspecified atom stereocenters. The van der Waals surface area contributed by atoms with Crippen molar-refractivity contribution < 1.29 is 14.7 Å². The van der Waals surface area contributed by atoms with Crippen LogP contribution in [0.15, 0.2) is 66.7 Å². The van der Waals surface area contributed by atoms with Crippen molar-refractivity contribution in [1.82, 2.24) is 9.47 Å². The lowest BCUT2D eigenvalue weighted by Gasteiger charge is -2.33. The molecule has 0 spiro atoms. The van der Waals surface area contributed by atoms with E-state index in [0.717, 1.165) is 51.3 Å². The van der Waals surface area contributed by atoms with E-state index in [9.17, 15) is 14.7 Å². The number of hydrogen-bond donors (Lipinski definition) is 1. The van der Waals surface area contributed by atoms with E-state index in [1.807, 2.05) is 78.7 Å². The Morgan fingerprint density at radius 3 is 2.52 bits per heavy atom. The minimum absolute atomic E-state index is 0.0208. The van der Waals surface area contributed by atoms with Crippen LogP contribution in [0.3, 0.4) is 0 Å². The van der Waals surface area contributed by atoms with Crippen LogP contribution in [0.1, 0.15) is 28.0 Å². The number of carboxylic acid groups (broad SMARTS) is 1. The Kier molecular flexibility index (Phi) is 4.74. The van der Waals surface area contributed by atoms with Crippen LogP contribution >= 0.6 is 0 Å². The summed E-state index contributed by atoms with van der Waals surface area (Å²) >= 11 is 0. The van der Waals surface area contributed by atoms with Gasteiger partial charge in [-0.15, -0.1) is 0 Å². The highest BCUT2D eigenvalue weighted by Gasteiger charge is 2.30. The van der Waals surface area contributed by atoms with Gasteiger partial charge in [0.25, 0.3) is 5.91 Å². The van der Waals surface area contributed by atoms with Gasteiger partial charge in [-0.25, -0.2) is 0 Å². The summed E-state index contributed by atoms with van der Waals surface area (Å²) < 4.78 is 2.22. The minimum Gasteiger partial charge on any atom is -0.481 e. The van der Waals surface area contributed by atoms with E-state index in [-0.39, 0.29) is 18.4 Å². The van der Waals surface area contributed by atoms with Gasteiger partial charge in [0.05, 0.1) is 6.42 Å². The summed E-state index contributed by atoms with van der Waals surface area (Å²) in [6.07, 6.45) is 1.60. The Morgan fingerprint density at radius 2 is 1.71 bits per heavy atom. The smallest absolute Gasteiger partial charge is 0.307 e. The van der Waals surface area contributed by atoms with E-state index in [1.54, 1.807) is 0 Å². The van der Waals surface area contributed by atoms with Crippen molar-refractivity contribution >= 4 is 33.6 Å². The first-order chi connectivity index (χ1) is 15.0. The fraction of sp³-hybridized carbons (Fsp3) is 0.231. The number of nitrogens with zero attached hydrogens (tertiary/aromatic N) is 2. The second-order valence-corrected chi connectivity index (χ2v) is 8.26. The molecule has 4 aromatic rings. The number of amides is 1. The molecule has 5 heteroatoms. The normalized spacial score (nSPS) is 15.7. The maximum atomic E-state index is 13.4. The molecule has 2 heterocycles. The number of likely N-dealkylation sites (N-methyl/N-ethyl adjacent to an activating group) is 1. The third-order valence-electron chi connectivity index (χ3n) is 6.52. The second kappa shape index (κ2) is 7.58. The minimum atomic E-state index is -0.815. The molecule has 0 aliphatic carbocycles. The third-order valence-corrected chi connectivity index (χ3v) is 6.52. The topological polar surface area (TPSA) is 62.5 Å². The first-order valence-corrected chi connectivity index (χ1v) is 10.6. The number of carbonyl (C=O) groups excluding carboxylic acids is 1. The molecule has 0 bridgehead atoms. The molecular weight excluding hydrogens is 388 g/mol. The van der Waals surface area contributed by atoms with Gasteiger partial charge < -0.3 is 14.6 Å². The van der Waals surface area contributed by atoms with Crippen LogP contribution in [0.5, 0.6) is 0 Å². The van der Waals surface area contributed by atoms with E-state index in [1.165, 1.54) is 0 Å². The van der Waals surface area contributed by atoms with Crippen LogP contribution < -0.4 is 0 Å². The van der Waals surface area contributed by atoms with Crippen LogP contribution in [0, 0.1) is 0 Å². The summed E-state index contributed by atoms with van der Waals surface area (Å²) in [5.74, 6) is -0.794. The number of fused-ring (bicyclic) bond motifs is 4. The molecule has 3 aromatic carbocycles. The maximum absolute atomic E-state index is 13.4. The molecule has 5 nitrogen and oxygen atoms in total. The molecule has 5 rings (SSSR count). The molecule has 0 saturated carbocycles. The summed E-state index contributed by atoms with van der Waals surface area (Å²) in [5, 5.41) is 12.4. The largest absolute Gasteiger partial charge is 0.481 e. The molecule has 1 aliphatic heterocycles. The summed E-state index contributed by atoms with van der Waals surface area (Å²) in [6, 6.07) is 21.8. The van der Waals surface area contributed by atoms with Gasteiger partial charge in [-0.05, 0) is 41.3 Å². The number of aliphatic carboxylic acids is 1. The van der Waals surface area contributed by atoms with Gasteiger partial charge in [-0.3, -0.25) is 9.59 Å². The van der Waals surface area contributed by atoms with E-state index in [2.05, 4.69) is 4.57 Å². The number of carbonyl (C=O) groups is 2. The maximum Gasteiger partial charge on any atom is 0.307 e. The van der Waals surface area contributed by atoms with Gasteiger partial charge in [-0.2, -0.15) is 0 Å². The van der Waals surface area contributed by atoms with Gasteiger partial charge in [0, 0.05) is 41.8 Å². The highest BCUT2D eigenvalue weighted by atomic mass is 16.4. The standard InChI is InChI=1S/C26H24N2O3/c1-27(26(31)21-11-6-8-17-7-2-3-9-19(17)21)18-13-14-24-22(15-25(29)30)20-10-4-5-12-23(20)28(24)16-18/h2-12,18H,13-16H2,1H3,(H,29,30)/t18-/m1/s1. The van der Waals surface area contributed by atoms with Crippen LogP contribution in [0.2, 0.25) is 0 Å². The third kappa shape index (κ3) is 3.26. The molecular formula is C26H24N2O3. The lowest BCUT2D eigenvalue weighted by atomic mass is 9.98. The van der Waals surface area contributed by atoms with Gasteiger partial charge in [0.1, 0.15) is 0 Å². The van der Waals surface area contributed by atoms with E-state index >= 15 is 0 Å². The molecule has 0 saturated heterocycles. The molecule has 0 radical (unpaired) electrons. The molecule has 1 aromatic heterocycles. The molecule has 0 fully saturated rings. The fourth-order valence-corrected chi connectivity index (χ4v) is 4.96. The van der Waals surface area contributed by atoms with Crippen molar-refractivity contribution in [2.45, 2.75) is 31.8 Å². The SMILES string of the molecule is CN(C(=O)c1cccc2ccccc12)[C@@H]1CCc2c(CC(=O)O)c3ccccc3n2C1. The molecule has 1 N–H and O–H groups in total. The highest BCUT2D eigenvalue weighted by Crippen LogP contribution is 2.33. The number of para-hydroxylation sites is 1. The number of aromatic nitrogens is 1. The monoisotopic (exact) mass is 412 g/mol. The van der Waals surface area contributed by atoms with E-state index < -0.39 is 5.97 Å². The van der Waals surface area contributed by atoms with Crippen LogP contribution in [0.4, 0.5) is 0 Å². The Hall–Kier alpha value is -3.60. The van der Waals surface area contributed by atoms with Crippen molar-refractivity contribution in [2.24, 2.45) is 0 Å². The van der Waals surface area contributed by atoms with Crippen LogP contribution in [0.25, 0.3) is 21.7 Å². The van der Waals surface area contributed by atoms with Crippen molar-refractivity contribution in [3.8, 4) is 0 Å². The summed E-state index contributed by atoms with van der Waals surface area (Å²) in [4.78, 5) is 26.7. The summed E-state index contributed by atoms with van der Waals surface area (Å²) in [7, 11) is 1.88. The predicted octanol–water partition coefficient (Wildman–Crippen LogP) is 4.51. The van der Waals surface area contributed by atoms with Gasteiger partial charge in [0.15, 0.2) is 0 Å². The lowest BCUT2D eigenvalue weighted by Crippen LogP contribution is -2.42. The quantitative estimate of drug-likeness (QED) is 0.537. The molecule has 1 atom stereocenters. The molecule has 1 aliphatic rings. The van der Waals surface area contributed by atoms with Gasteiger partial charge >= 0.3 is 5.97 Å². The van der Waals surface area contributed by atoms with Crippen molar-refractivity contribution in [3.05, 3.63) is 83.6 Å². The van der Waals surface area contributed by atoms with Gasteiger partial charge in [-0.1, -0.05) is 54.6 Å². The van der Waals surface area contributed by atoms with Crippen LogP contribution in [-0.2, 0) is 24.2 Å². The summed E-state index contributed by atoms with van der Waals surface area (Å²) in [5.41, 5.74) is 3.76. The molecule has 1 amide bonds. The Morgan fingerprint density at radius 1 is 1.00 bits per heavy atom. The van der Waals surface area contributed by atoms with Crippen molar-refractivity contribution in [3.63, 3.8) is 0 Å². The zero-order valence-corrected chi connectivity index (χ0v) is 17.4. The Bertz CT molecular complexity index is 1320. The van der Waals surface area contributed by atoms with Crippen LogP contribution in [-0.4, -0.2) is 39.5 Å². The first-order valence-electron chi connectivity index (χ1n) is 10.6. The van der Waals surface area contributed by atoms with E-state index in [0.29, 0.717) is 6.54 Å². The number of hydrogen-bond acceptors (Lipinski definition) is 2. The zero-order valence-electron chi connectivity index (χ0n) is 17.4. The van der Waals surface area contributed by atoms with Crippen molar-refractivity contribution in [2.75, 3.05) is 7.05 Å². The highest BCUT2D eigenvalue weighted by molar-refractivity contribution is 6.07. The number of carboxylic acids is 1. The average molecular weight is 412 g/mol. The lowest BCUT2D eigenvalue weighted by molar-refractivity contribution is -0.136. The zero-order chi connectivity index (χ0) is 21.5. The number of rotatable bonds is 4. The van der Waals surface area contributed by atoms with Crippen molar-refractivity contribution in [1.29, 1.82) is 0 Å². The Balaban J connectivity index is 1.49. The Labute approximate surface area is 180 Å². The first kappa shape index (κ1) is 19.4. The molecule has 156 valence electrons. The molecule has 31 heavy (non-hydrogen) atoms. The summed E-state index contributed by atoms with van der Waals surface area (Å²) in [6.45, 7) is 0.669. The van der Waals surface area contributed by atoms with Gasteiger partial charge in [0.2, 0.25) is 0 Å². The average Bonchev–Trinajstić information content (AvgIpc) is 3.10. The second-order valence-electron chi connectivity index (χ2n) is 8.26. The van der Waals surface area contributed by atoms with E-state index in [4.69, 9.17) is 0 Å². The predicted molar refractivity (Wildman–Crippen MR) is 121 cm³/mol.